The molecule has 5 rings (SSSR count). The van der Waals surface area contributed by atoms with E-state index in [4.69, 9.17) is 9.15 Å². The molecule has 0 spiro atoms. The van der Waals surface area contributed by atoms with Crippen molar-refractivity contribution in [1.82, 2.24) is 4.90 Å². The van der Waals surface area contributed by atoms with E-state index in [0.717, 1.165) is 17.7 Å². The van der Waals surface area contributed by atoms with Gasteiger partial charge in [0.25, 0.3) is 5.91 Å². The van der Waals surface area contributed by atoms with Gasteiger partial charge in [-0.05, 0) is 83.4 Å². The number of furan rings is 1. The van der Waals surface area contributed by atoms with Gasteiger partial charge in [0.05, 0.1) is 0 Å². The summed E-state index contributed by atoms with van der Waals surface area (Å²) in [4.78, 5) is 27.8. The number of esters is 1. The fraction of sp³-hybridized carbons (Fsp3) is 0.455. The summed E-state index contributed by atoms with van der Waals surface area (Å²) in [6.45, 7) is 12.2. The molecular formula is C33H39NO4. The average molecular weight is 514 g/mol. The molecule has 0 bridgehead atoms. The fourth-order valence-corrected chi connectivity index (χ4v) is 5.95. The molecule has 0 saturated carbocycles. The smallest absolute Gasteiger partial charge is 0.329 e. The van der Waals surface area contributed by atoms with Gasteiger partial charge >= 0.3 is 5.97 Å². The van der Waals surface area contributed by atoms with Crippen molar-refractivity contribution >= 4 is 11.9 Å². The number of carbonyl (C=O) groups excluding carboxylic acids is 2. The van der Waals surface area contributed by atoms with Crippen LogP contribution in [-0.2, 0) is 33.4 Å². The van der Waals surface area contributed by atoms with Crippen LogP contribution in [0.1, 0.15) is 97.5 Å². The topological polar surface area (TPSA) is 59.8 Å². The molecule has 5 heteroatoms. The monoisotopic (exact) mass is 513 g/mol. The highest BCUT2D eigenvalue weighted by Gasteiger charge is 2.38. The van der Waals surface area contributed by atoms with Gasteiger partial charge < -0.3 is 14.1 Å². The molecular weight excluding hydrogens is 474 g/mol. The Bertz CT molecular complexity index is 1330. The third kappa shape index (κ3) is 5.16. The fourth-order valence-electron chi connectivity index (χ4n) is 5.95. The van der Waals surface area contributed by atoms with Gasteiger partial charge in [-0.2, -0.15) is 0 Å². The first-order valence-electron chi connectivity index (χ1n) is 13.8. The summed E-state index contributed by atoms with van der Waals surface area (Å²) < 4.78 is 11.6. The van der Waals surface area contributed by atoms with Crippen LogP contribution in [0.4, 0.5) is 0 Å². The Morgan fingerprint density at radius 1 is 0.974 bits per heavy atom. The number of ether oxygens (including phenoxy) is 1. The molecule has 1 aliphatic heterocycles. The normalized spacial score (nSPS) is 19.7. The molecule has 5 nitrogen and oxygen atoms in total. The lowest BCUT2D eigenvalue weighted by molar-refractivity contribution is -0.149. The maximum absolute atomic E-state index is 13.3. The van der Waals surface area contributed by atoms with E-state index in [9.17, 15) is 9.59 Å². The summed E-state index contributed by atoms with van der Waals surface area (Å²) in [7, 11) is 0. The SMILES string of the molecule is Cc1cc2c(cc1Cc1ccc(C(=O)N3CCCC3C(=O)OCc3ccccc3)o1)C(C)(C)CCC2(C)C. The Kier molecular flexibility index (Phi) is 6.97. The van der Waals surface area contributed by atoms with Crippen molar-refractivity contribution in [2.75, 3.05) is 6.54 Å². The molecule has 1 aliphatic carbocycles. The van der Waals surface area contributed by atoms with Crippen LogP contribution in [0.25, 0.3) is 0 Å². The number of fused-ring (bicyclic) bond motifs is 1. The second-order valence-corrected chi connectivity index (χ2v) is 12.3. The highest BCUT2D eigenvalue weighted by Crippen LogP contribution is 2.46. The zero-order chi connectivity index (χ0) is 27.1. The predicted molar refractivity (Wildman–Crippen MR) is 148 cm³/mol. The van der Waals surface area contributed by atoms with Crippen LogP contribution in [-0.4, -0.2) is 29.4 Å². The molecule has 0 radical (unpaired) electrons. The summed E-state index contributed by atoms with van der Waals surface area (Å²) in [6, 6.07) is 17.4. The number of hydrogen-bond donors (Lipinski definition) is 0. The van der Waals surface area contributed by atoms with Gasteiger partial charge in [0.15, 0.2) is 5.76 Å². The van der Waals surface area contributed by atoms with E-state index >= 15 is 0 Å². The van der Waals surface area contributed by atoms with Crippen molar-refractivity contribution in [3.05, 3.63) is 93.9 Å². The van der Waals surface area contributed by atoms with Crippen molar-refractivity contribution in [2.24, 2.45) is 0 Å². The van der Waals surface area contributed by atoms with Crippen LogP contribution in [0.15, 0.2) is 59.0 Å². The molecule has 1 unspecified atom stereocenters. The third-order valence-corrected chi connectivity index (χ3v) is 8.56. The second-order valence-electron chi connectivity index (χ2n) is 12.3. The van der Waals surface area contributed by atoms with Gasteiger partial charge in [-0.15, -0.1) is 0 Å². The van der Waals surface area contributed by atoms with E-state index in [1.807, 2.05) is 36.4 Å². The Hall–Kier alpha value is -3.34. The number of rotatable bonds is 6. The van der Waals surface area contributed by atoms with Gasteiger partial charge in [0.1, 0.15) is 18.4 Å². The predicted octanol–water partition coefficient (Wildman–Crippen LogP) is 6.88. The molecule has 1 saturated heterocycles. The highest BCUT2D eigenvalue weighted by atomic mass is 16.5. The lowest BCUT2D eigenvalue weighted by Crippen LogP contribution is -2.41. The molecule has 0 N–H and O–H groups in total. The van der Waals surface area contributed by atoms with Gasteiger partial charge in [-0.25, -0.2) is 4.79 Å². The molecule has 200 valence electrons. The number of hydrogen-bond acceptors (Lipinski definition) is 4. The second kappa shape index (κ2) is 10.1. The Labute approximate surface area is 226 Å². The minimum Gasteiger partial charge on any atom is -0.459 e. The van der Waals surface area contributed by atoms with Crippen molar-refractivity contribution in [3.63, 3.8) is 0 Å². The first-order chi connectivity index (χ1) is 18.0. The quantitative estimate of drug-likeness (QED) is 0.337. The minimum atomic E-state index is -0.576. The first kappa shape index (κ1) is 26.3. The molecule has 2 aliphatic rings. The number of carbonyl (C=O) groups is 2. The van der Waals surface area contributed by atoms with Crippen LogP contribution in [0.5, 0.6) is 0 Å². The van der Waals surface area contributed by atoms with E-state index in [1.165, 1.54) is 35.1 Å². The molecule has 1 fully saturated rings. The van der Waals surface area contributed by atoms with E-state index in [-0.39, 0.29) is 35.1 Å². The van der Waals surface area contributed by atoms with Crippen LogP contribution >= 0.6 is 0 Å². The standard InChI is InChI=1S/C33H39NO4/c1-22-18-26-27(33(4,5)16-15-32(26,2)3)20-24(22)19-25-13-14-29(38-25)30(35)34-17-9-12-28(34)31(36)37-21-23-10-7-6-8-11-23/h6-8,10-11,13-14,18,20,28H,9,12,15-17,19,21H2,1-5H3. The summed E-state index contributed by atoms with van der Waals surface area (Å²) in [6.07, 6.45) is 4.36. The van der Waals surface area contributed by atoms with E-state index in [0.29, 0.717) is 19.4 Å². The largest absolute Gasteiger partial charge is 0.459 e. The van der Waals surface area contributed by atoms with Crippen molar-refractivity contribution in [3.8, 4) is 0 Å². The molecule has 1 atom stereocenters. The molecule has 3 aromatic rings. The number of benzene rings is 2. The van der Waals surface area contributed by atoms with Crippen molar-refractivity contribution in [2.45, 2.75) is 90.2 Å². The highest BCUT2D eigenvalue weighted by molar-refractivity contribution is 5.95. The van der Waals surface area contributed by atoms with Crippen molar-refractivity contribution in [1.29, 1.82) is 0 Å². The number of nitrogens with zero attached hydrogens (tertiary/aromatic N) is 1. The van der Waals surface area contributed by atoms with Crippen LogP contribution in [0.3, 0.4) is 0 Å². The first-order valence-corrected chi connectivity index (χ1v) is 13.8. The van der Waals surface area contributed by atoms with Gasteiger partial charge in [-0.3, -0.25) is 4.79 Å². The summed E-state index contributed by atoms with van der Waals surface area (Å²) >= 11 is 0. The zero-order valence-corrected chi connectivity index (χ0v) is 23.3. The molecule has 1 aromatic heterocycles. The van der Waals surface area contributed by atoms with Crippen molar-refractivity contribution < 1.29 is 18.7 Å². The summed E-state index contributed by atoms with van der Waals surface area (Å²) in [5.74, 6) is 0.425. The van der Waals surface area contributed by atoms with Crippen LogP contribution < -0.4 is 0 Å². The molecule has 2 aromatic carbocycles. The Morgan fingerprint density at radius 2 is 1.66 bits per heavy atom. The molecule has 38 heavy (non-hydrogen) atoms. The van der Waals surface area contributed by atoms with Gasteiger partial charge in [-0.1, -0.05) is 70.2 Å². The maximum Gasteiger partial charge on any atom is 0.329 e. The zero-order valence-electron chi connectivity index (χ0n) is 23.3. The number of likely N-dealkylation sites (tertiary alicyclic amines) is 1. The van der Waals surface area contributed by atoms with Crippen LogP contribution in [0.2, 0.25) is 0 Å². The molecule has 2 heterocycles. The maximum atomic E-state index is 13.3. The summed E-state index contributed by atoms with van der Waals surface area (Å²) in [5, 5.41) is 0. The number of amides is 1. The molecule has 1 amide bonds. The average Bonchev–Trinajstić information content (AvgIpc) is 3.57. The third-order valence-electron chi connectivity index (χ3n) is 8.56. The summed E-state index contributed by atoms with van der Waals surface area (Å²) in [5.41, 5.74) is 6.59. The lowest BCUT2D eigenvalue weighted by atomic mass is 9.62. The van der Waals surface area contributed by atoms with E-state index in [2.05, 4.69) is 46.8 Å². The lowest BCUT2D eigenvalue weighted by Gasteiger charge is -2.42. The Morgan fingerprint density at radius 3 is 2.37 bits per heavy atom. The van der Waals surface area contributed by atoms with Gasteiger partial charge in [0.2, 0.25) is 0 Å². The minimum absolute atomic E-state index is 0.136. The van der Waals surface area contributed by atoms with Crippen LogP contribution in [0, 0.1) is 6.92 Å². The van der Waals surface area contributed by atoms with E-state index < -0.39 is 6.04 Å². The van der Waals surface area contributed by atoms with E-state index in [1.54, 1.807) is 11.0 Å². The number of aryl methyl sites for hydroxylation is 1. The van der Waals surface area contributed by atoms with Gasteiger partial charge in [0, 0.05) is 13.0 Å². The Balaban J connectivity index is 1.29.